The van der Waals surface area contributed by atoms with Gasteiger partial charge in [0.15, 0.2) is 5.17 Å². The lowest BCUT2D eigenvalue weighted by atomic mass is 10.1. The Morgan fingerprint density at radius 1 is 1.04 bits per heavy atom. The molecule has 134 valence electrons. The first-order chi connectivity index (χ1) is 13.0. The molecule has 1 amide bonds. The van der Waals surface area contributed by atoms with Crippen LogP contribution < -0.4 is 5.32 Å². The number of carbonyl (C=O) groups is 1. The fourth-order valence-electron chi connectivity index (χ4n) is 2.56. The first kappa shape index (κ1) is 18.3. The third-order valence-electron chi connectivity index (χ3n) is 3.84. The van der Waals surface area contributed by atoms with Crippen molar-refractivity contribution in [3.63, 3.8) is 0 Å². The Kier molecular flexibility index (Phi) is 5.10. The van der Waals surface area contributed by atoms with Crippen molar-refractivity contribution in [3.8, 4) is 0 Å². The number of aromatic nitrogens is 1. The van der Waals surface area contributed by atoms with Crippen molar-refractivity contribution in [2.24, 2.45) is 4.99 Å². The molecule has 0 saturated carbocycles. The van der Waals surface area contributed by atoms with Gasteiger partial charge in [-0.05, 0) is 53.7 Å². The average molecular weight is 435 g/mol. The number of halogens is 3. The largest absolute Gasteiger partial charge is 0.300 e. The van der Waals surface area contributed by atoms with Crippen LogP contribution in [0.1, 0.15) is 5.56 Å². The number of thioether (sulfide) groups is 1. The molecular formula is C19H10Cl3N3OS. The molecule has 0 aliphatic carbocycles. The number of amidine groups is 1. The standard InChI is InChI=1S/C19H10Cl3N3OS/c20-12-4-1-5-13(21)17(12)24-19-25-18(26)15(27-19)9-10-6-7-14-11(16(10)22)3-2-8-23-14/h1-9H,(H,24,25,26)/b15-9+. The lowest BCUT2D eigenvalue weighted by Crippen LogP contribution is -2.19. The molecule has 27 heavy (non-hydrogen) atoms. The quantitative estimate of drug-likeness (QED) is 0.497. The average Bonchev–Trinajstić information content (AvgIpc) is 3.00. The van der Waals surface area contributed by atoms with Gasteiger partial charge in [0.1, 0.15) is 5.69 Å². The molecule has 4 nitrogen and oxygen atoms in total. The number of hydrogen-bond acceptors (Lipinski definition) is 4. The molecule has 0 radical (unpaired) electrons. The zero-order chi connectivity index (χ0) is 19.0. The van der Waals surface area contributed by atoms with E-state index in [4.69, 9.17) is 34.8 Å². The SMILES string of the molecule is O=C1NC(=Nc2c(Cl)cccc2Cl)S/C1=C/c1ccc2ncccc2c1Cl. The first-order valence-corrected chi connectivity index (χ1v) is 9.75. The predicted molar refractivity (Wildman–Crippen MR) is 114 cm³/mol. The van der Waals surface area contributed by atoms with Gasteiger partial charge < -0.3 is 5.32 Å². The molecule has 1 N–H and O–H groups in total. The summed E-state index contributed by atoms with van der Waals surface area (Å²) in [5, 5.41) is 5.31. The Hall–Kier alpha value is -2.05. The first-order valence-electron chi connectivity index (χ1n) is 7.80. The third kappa shape index (κ3) is 3.69. The Labute approximate surface area is 174 Å². The van der Waals surface area contributed by atoms with Crippen molar-refractivity contribution in [3.05, 3.63) is 74.2 Å². The van der Waals surface area contributed by atoms with E-state index in [0.29, 0.717) is 30.8 Å². The van der Waals surface area contributed by atoms with Crippen molar-refractivity contribution in [2.75, 3.05) is 0 Å². The van der Waals surface area contributed by atoms with E-state index in [2.05, 4.69) is 15.3 Å². The molecule has 2 heterocycles. The zero-order valence-electron chi connectivity index (χ0n) is 13.5. The highest BCUT2D eigenvalue weighted by atomic mass is 35.5. The van der Waals surface area contributed by atoms with Crippen LogP contribution in [0.2, 0.25) is 15.1 Å². The van der Waals surface area contributed by atoms with Crippen LogP contribution in [0.4, 0.5) is 5.69 Å². The summed E-state index contributed by atoms with van der Waals surface area (Å²) in [5.41, 5.74) is 1.94. The predicted octanol–water partition coefficient (Wildman–Crippen LogP) is 6.09. The molecule has 0 atom stereocenters. The number of nitrogens with zero attached hydrogens (tertiary/aromatic N) is 2. The normalized spacial score (nSPS) is 17.1. The van der Waals surface area contributed by atoms with Crippen molar-refractivity contribution in [2.45, 2.75) is 0 Å². The maximum Gasteiger partial charge on any atom is 0.264 e. The van der Waals surface area contributed by atoms with Crippen LogP contribution in [0, 0.1) is 0 Å². The minimum absolute atomic E-state index is 0.260. The number of rotatable bonds is 2. The van der Waals surface area contributed by atoms with Gasteiger partial charge in [-0.3, -0.25) is 9.78 Å². The van der Waals surface area contributed by atoms with Gasteiger partial charge in [-0.15, -0.1) is 0 Å². The van der Waals surface area contributed by atoms with Crippen molar-refractivity contribution < 1.29 is 4.79 Å². The number of pyridine rings is 1. The second-order valence-corrected chi connectivity index (χ2v) is 7.81. The molecule has 1 aliphatic heterocycles. The summed E-state index contributed by atoms with van der Waals surface area (Å²) in [6.45, 7) is 0. The minimum Gasteiger partial charge on any atom is -0.300 e. The number of amides is 1. The van der Waals surface area contributed by atoms with E-state index in [9.17, 15) is 4.79 Å². The molecule has 1 fully saturated rings. The molecule has 0 unspecified atom stereocenters. The summed E-state index contributed by atoms with van der Waals surface area (Å²) in [5.74, 6) is -0.260. The molecule has 4 rings (SSSR count). The Morgan fingerprint density at radius 2 is 1.81 bits per heavy atom. The van der Waals surface area contributed by atoms with E-state index in [1.165, 1.54) is 11.8 Å². The van der Waals surface area contributed by atoms with Crippen LogP contribution in [-0.4, -0.2) is 16.1 Å². The number of aliphatic imine (C=N–C) groups is 1. The molecular weight excluding hydrogens is 425 g/mol. The number of benzene rings is 2. The minimum atomic E-state index is -0.260. The van der Waals surface area contributed by atoms with Crippen molar-refractivity contribution >= 4 is 80.3 Å². The van der Waals surface area contributed by atoms with E-state index in [1.807, 2.05) is 24.3 Å². The highest BCUT2D eigenvalue weighted by Crippen LogP contribution is 2.36. The van der Waals surface area contributed by atoms with Gasteiger partial charge in [0.05, 0.1) is 25.5 Å². The summed E-state index contributed by atoms with van der Waals surface area (Å²) in [6.07, 6.45) is 3.44. The number of fused-ring (bicyclic) bond motifs is 1. The van der Waals surface area contributed by atoms with E-state index in [-0.39, 0.29) is 5.91 Å². The van der Waals surface area contributed by atoms with Gasteiger partial charge >= 0.3 is 0 Å². The molecule has 8 heteroatoms. The van der Waals surface area contributed by atoms with E-state index in [0.717, 1.165) is 16.5 Å². The summed E-state index contributed by atoms with van der Waals surface area (Å²) in [7, 11) is 0. The summed E-state index contributed by atoms with van der Waals surface area (Å²) in [4.78, 5) is 21.4. The molecule has 1 aromatic heterocycles. The van der Waals surface area contributed by atoms with Gasteiger partial charge in [-0.1, -0.05) is 46.9 Å². The van der Waals surface area contributed by atoms with Crippen molar-refractivity contribution in [1.29, 1.82) is 0 Å². The fourth-order valence-corrected chi connectivity index (χ4v) is 4.14. The third-order valence-corrected chi connectivity index (χ3v) is 5.78. The number of carbonyl (C=O) groups excluding carboxylic acids is 1. The van der Waals surface area contributed by atoms with Gasteiger partial charge in [0, 0.05) is 11.6 Å². The molecule has 2 aromatic carbocycles. The second kappa shape index (κ2) is 7.52. The van der Waals surface area contributed by atoms with Gasteiger partial charge in [-0.2, -0.15) is 0 Å². The van der Waals surface area contributed by atoms with Gasteiger partial charge in [0.2, 0.25) is 0 Å². The van der Waals surface area contributed by atoms with Crippen LogP contribution in [-0.2, 0) is 4.79 Å². The maximum absolute atomic E-state index is 12.3. The van der Waals surface area contributed by atoms with Crippen LogP contribution in [0.25, 0.3) is 17.0 Å². The topological polar surface area (TPSA) is 54.4 Å². The van der Waals surface area contributed by atoms with E-state index < -0.39 is 0 Å². The number of nitrogens with one attached hydrogen (secondary N) is 1. The monoisotopic (exact) mass is 433 g/mol. The molecule has 3 aromatic rings. The molecule has 0 bridgehead atoms. The van der Waals surface area contributed by atoms with Crippen LogP contribution in [0.5, 0.6) is 0 Å². The highest BCUT2D eigenvalue weighted by Gasteiger charge is 2.25. The van der Waals surface area contributed by atoms with Crippen LogP contribution >= 0.6 is 46.6 Å². The summed E-state index contributed by atoms with van der Waals surface area (Å²) < 4.78 is 0. The summed E-state index contributed by atoms with van der Waals surface area (Å²) >= 11 is 20.0. The van der Waals surface area contributed by atoms with Crippen LogP contribution in [0.3, 0.4) is 0 Å². The Bertz CT molecular complexity index is 1120. The molecule has 1 aliphatic rings. The lowest BCUT2D eigenvalue weighted by Gasteiger charge is -2.03. The molecule has 0 spiro atoms. The maximum atomic E-state index is 12.3. The smallest absolute Gasteiger partial charge is 0.264 e. The summed E-state index contributed by atoms with van der Waals surface area (Å²) in [6, 6.07) is 12.5. The Balaban J connectivity index is 1.69. The molecule has 1 saturated heterocycles. The zero-order valence-corrected chi connectivity index (χ0v) is 16.6. The fraction of sp³-hybridized carbons (Fsp3) is 0. The second-order valence-electron chi connectivity index (χ2n) is 5.59. The number of hydrogen-bond donors (Lipinski definition) is 1. The van der Waals surface area contributed by atoms with E-state index in [1.54, 1.807) is 30.5 Å². The van der Waals surface area contributed by atoms with Gasteiger partial charge in [-0.25, -0.2) is 4.99 Å². The number of para-hydroxylation sites is 1. The Morgan fingerprint density at radius 3 is 2.59 bits per heavy atom. The van der Waals surface area contributed by atoms with Crippen LogP contribution in [0.15, 0.2) is 58.6 Å². The van der Waals surface area contributed by atoms with Crippen molar-refractivity contribution in [1.82, 2.24) is 10.3 Å². The lowest BCUT2D eigenvalue weighted by molar-refractivity contribution is -0.115. The van der Waals surface area contributed by atoms with E-state index >= 15 is 0 Å². The van der Waals surface area contributed by atoms with Gasteiger partial charge in [0.25, 0.3) is 5.91 Å². The highest BCUT2D eigenvalue weighted by molar-refractivity contribution is 8.18.